The van der Waals surface area contributed by atoms with Gasteiger partial charge in [-0.3, -0.25) is 19.3 Å². The van der Waals surface area contributed by atoms with Crippen molar-refractivity contribution < 1.29 is 4.79 Å². The highest BCUT2D eigenvalue weighted by atomic mass is 32.1. The molecule has 0 spiro atoms. The molecule has 0 aliphatic heterocycles. The van der Waals surface area contributed by atoms with Crippen LogP contribution in [0.1, 0.15) is 20.1 Å². The number of anilines is 1. The quantitative estimate of drug-likeness (QED) is 0.786. The Morgan fingerprint density at radius 1 is 1.20 bits per heavy atom. The Kier molecular flexibility index (Phi) is 3.11. The maximum Gasteiger partial charge on any atom is 0.271 e. The summed E-state index contributed by atoms with van der Waals surface area (Å²) in [5.74, 6) is -0.491. The number of carbonyl (C=O) groups excluding carboxylic acids is 1. The topological polar surface area (TPSA) is 76.4 Å². The first kappa shape index (κ1) is 12.9. The zero-order chi connectivity index (χ0) is 14.3. The van der Waals surface area contributed by atoms with E-state index in [0.717, 1.165) is 9.75 Å². The van der Waals surface area contributed by atoms with E-state index in [0.29, 0.717) is 10.1 Å². The second kappa shape index (κ2) is 4.80. The summed E-state index contributed by atoms with van der Waals surface area (Å²) in [6.45, 7) is 3.78. The summed E-state index contributed by atoms with van der Waals surface area (Å²) in [4.78, 5) is 35.0. The number of nitrogens with one attached hydrogen (secondary N) is 1. The molecule has 1 N–H and O–H groups in total. The van der Waals surface area contributed by atoms with Gasteiger partial charge in [0.2, 0.25) is 0 Å². The van der Waals surface area contributed by atoms with E-state index in [1.165, 1.54) is 33.3 Å². The normalized spacial score (nSPS) is 10.9. The van der Waals surface area contributed by atoms with Gasteiger partial charge in [-0.1, -0.05) is 0 Å². The van der Waals surface area contributed by atoms with Crippen molar-refractivity contribution in [3.8, 4) is 0 Å². The molecule has 0 aromatic carbocycles. The van der Waals surface area contributed by atoms with Crippen molar-refractivity contribution in [2.45, 2.75) is 13.8 Å². The monoisotopic (exact) mass is 306 g/mol. The molecule has 1 amide bonds. The van der Waals surface area contributed by atoms with Gasteiger partial charge < -0.3 is 0 Å². The van der Waals surface area contributed by atoms with Crippen molar-refractivity contribution in [3.63, 3.8) is 0 Å². The number of aromatic nitrogens is 3. The largest absolute Gasteiger partial charge is 0.298 e. The standard InChI is InChI=1S/C12H10N4O2S2/c1-6-3-13-11(19-6)15-9(17)8-4-14-12-16(10(8)18)5-7(2)20-12/h3-5H,1-2H3,(H,13,15,17). The first-order chi connectivity index (χ1) is 9.54. The van der Waals surface area contributed by atoms with Gasteiger partial charge in [0.25, 0.3) is 11.5 Å². The fourth-order valence-corrected chi connectivity index (χ4v) is 3.17. The number of aryl methyl sites for hydroxylation is 2. The fourth-order valence-electron chi connectivity index (χ4n) is 1.73. The Morgan fingerprint density at radius 3 is 2.70 bits per heavy atom. The van der Waals surface area contributed by atoms with Crippen LogP contribution in [0.15, 0.2) is 23.4 Å². The summed E-state index contributed by atoms with van der Waals surface area (Å²) in [7, 11) is 0. The SMILES string of the molecule is Cc1cnc(NC(=O)c2cnc3sc(C)cn3c2=O)s1. The third-order valence-corrected chi connectivity index (χ3v) is 4.35. The summed E-state index contributed by atoms with van der Waals surface area (Å²) < 4.78 is 1.39. The van der Waals surface area contributed by atoms with Crippen molar-refractivity contribution in [2.75, 3.05) is 5.32 Å². The van der Waals surface area contributed by atoms with Gasteiger partial charge in [0.05, 0.1) is 0 Å². The summed E-state index contributed by atoms with van der Waals surface area (Å²) in [6.07, 6.45) is 4.65. The average molecular weight is 306 g/mol. The van der Waals surface area contributed by atoms with Crippen LogP contribution in [0, 0.1) is 13.8 Å². The molecule has 6 nitrogen and oxygen atoms in total. The van der Waals surface area contributed by atoms with Crippen LogP contribution in [0.4, 0.5) is 5.13 Å². The maximum absolute atomic E-state index is 12.2. The predicted octanol–water partition coefficient (Wildman–Crippen LogP) is 2.08. The first-order valence-electron chi connectivity index (χ1n) is 5.76. The minimum absolute atomic E-state index is 0.00755. The van der Waals surface area contributed by atoms with Gasteiger partial charge in [-0.05, 0) is 13.8 Å². The molecule has 0 aliphatic carbocycles. The van der Waals surface area contributed by atoms with Crippen LogP contribution in [0.5, 0.6) is 0 Å². The Labute approximate surface area is 121 Å². The molecule has 0 saturated heterocycles. The molecule has 102 valence electrons. The average Bonchev–Trinajstić information content (AvgIpc) is 2.95. The number of hydrogen-bond acceptors (Lipinski definition) is 6. The van der Waals surface area contributed by atoms with Crippen LogP contribution in [0.2, 0.25) is 0 Å². The zero-order valence-electron chi connectivity index (χ0n) is 10.7. The molecule has 3 rings (SSSR count). The lowest BCUT2D eigenvalue weighted by molar-refractivity contribution is 0.102. The molecule has 0 radical (unpaired) electrons. The lowest BCUT2D eigenvalue weighted by Gasteiger charge is -2.01. The molecule has 0 saturated carbocycles. The third kappa shape index (κ3) is 2.23. The summed E-state index contributed by atoms with van der Waals surface area (Å²) >= 11 is 2.76. The zero-order valence-corrected chi connectivity index (χ0v) is 12.3. The molecule has 0 unspecified atom stereocenters. The second-order valence-electron chi connectivity index (χ2n) is 4.20. The summed E-state index contributed by atoms with van der Waals surface area (Å²) in [5, 5.41) is 3.08. The smallest absolute Gasteiger partial charge is 0.271 e. The highest BCUT2D eigenvalue weighted by Crippen LogP contribution is 2.17. The van der Waals surface area contributed by atoms with Crippen LogP contribution in [0.3, 0.4) is 0 Å². The molecule has 0 fully saturated rings. The van der Waals surface area contributed by atoms with Crippen LogP contribution in [0.25, 0.3) is 4.96 Å². The number of hydrogen-bond donors (Lipinski definition) is 1. The Balaban J connectivity index is 1.99. The molecule has 3 heterocycles. The van der Waals surface area contributed by atoms with Gasteiger partial charge in [-0.2, -0.15) is 0 Å². The Bertz CT molecular complexity index is 862. The Hall–Kier alpha value is -2.06. The molecule has 3 aromatic heterocycles. The number of rotatable bonds is 2. The van der Waals surface area contributed by atoms with Crippen molar-refractivity contribution >= 4 is 38.7 Å². The predicted molar refractivity (Wildman–Crippen MR) is 78.9 cm³/mol. The van der Waals surface area contributed by atoms with E-state index in [9.17, 15) is 9.59 Å². The van der Waals surface area contributed by atoms with Crippen LogP contribution in [-0.4, -0.2) is 20.3 Å². The minimum Gasteiger partial charge on any atom is -0.298 e. The molecule has 0 atom stereocenters. The van der Waals surface area contributed by atoms with Gasteiger partial charge in [-0.25, -0.2) is 9.97 Å². The molecule has 3 aromatic rings. The molecule has 8 heteroatoms. The number of fused-ring (bicyclic) bond motifs is 1. The highest BCUT2D eigenvalue weighted by Gasteiger charge is 2.15. The van der Waals surface area contributed by atoms with E-state index < -0.39 is 5.91 Å². The lowest BCUT2D eigenvalue weighted by atomic mass is 10.3. The van der Waals surface area contributed by atoms with Crippen LogP contribution in [-0.2, 0) is 0 Å². The van der Waals surface area contributed by atoms with Gasteiger partial charge in [0.1, 0.15) is 5.56 Å². The number of amides is 1. The Morgan fingerprint density at radius 2 is 2.00 bits per heavy atom. The van der Waals surface area contributed by atoms with Crippen molar-refractivity contribution in [3.05, 3.63) is 44.3 Å². The summed E-state index contributed by atoms with van der Waals surface area (Å²) in [6, 6.07) is 0. The van der Waals surface area contributed by atoms with E-state index in [4.69, 9.17) is 0 Å². The number of carbonyl (C=O) groups is 1. The number of thiazole rings is 2. The fraction of sp³-hybridized carbons (Fsp3) is 0.167. The van der Waals surface area contributed by atoms with E-state index in [1.807, 2.05) is 13.8 Å². The highest BCUT2D eigenvalue weighted by molar-refractivity contribution is 7.17. The van der Waals surface area contributed by atoms with Gasteiger partial charge in [0.15, 0.2) is 10.1 Å². The van der Waals surface area contributed by atoms with E-state index in [1.54, 1.807) is 12.4 Å². The summed E-state index contributed by atoms with van der Waals surface area (Å²) in [5.41, 5.74) is -0.363. The maximum atomic E-state index is 12.2. The lowest BCUT2D eigenvalue weighted by Crippen LogP contribution is -2.25. The molecular formula is C12H10N4O2S2. The van der Waals surface area contributed by atoms with Crippen molar-refractivity contribution in [1.29, 1.82) is 0 Å². The van der Waals surface area contributed by atoms with Gasteiger partial charge >= 0.3 is 0 Å². The molecule has 0 aliphatic rings. The third-order valence-electron chi connectivity index (χ3n) is 2.61. The van der Waals surface area contributed by atoms with Gasteiger partial charge in [-0.15, -0.1) is 22.7 Å². The van der Waals surface area contributed by atoms with Gasteiger partial charge in [0, 0.05) is 28.3 Å². The van der Waals surface area contributed by atoms with Crippen LogP contribution < -0.4 is 10.9 Å². The van der Waals surface area contributed by atoms with E-state index in [2.05, 4.69) is 15.3 Å². The first-order valence-corrected chi connectivity index (χ1v) is 7.39. The van der Waals surface area contributed by atoms with Crippen molar-refractivity contribution in [1.82, 2.24) is 14.4 Å². The molecule has 0 bridgehead atoms. The second-order valence-corrected chi connectivity index (χ2v) is 6.65. The molecular weight excluding hydrogens is 296 g/mol. The van der Waals surface area contributed by atoms with E-state index in [-0.39, 0.29) is 11.1 Å². The number of nitrogens with zero attached hydrogens (tertiary/aromatic N) is 3. The van der Waals surface area contributed by atoms with E-state index >= 15 is 0 Å². The molecule has 20 heavy (non-hydrogen) atoms. The van der Waals surface area contributed by atoms with Crippen molar-refractivity contribution in [2.24, 2.45) is 0 Å². The minimum atomic E-state index is -0.491. The van der Waals surface area contributed by atoms with Crippen LogP contribution >= 0.6 is 22.7 Å².